The van der Waals surface area contributed by atoms with Crippen LogP contribution in [-0.4, -0.2) is 44.1 Å². The zero-order chi connectivity index (χ0) is 28.3. The minimum atomic E-state index is -1.52. The third kappa shape index (κ3) is 6.32. The number of ether oxygens (including phenoxy) is 1. The second-order valence-electron chi connectivity index (χ2n) is 11.1. The summed E-state index contributed by atoms with van der Waals surface area (Å²) in [5, 5.41) is 0. The van der Waals surface area contributed by atoms with E-state index in [9.17, 15) is 9.35 Å². The molecule has 1 fully saturated rings. The summed E-state index contributed by atoms with van der Waals surface area (Å²) >= 11 is -1.52. The fourth-order valence-corrected chi connectivity index (χ4v) is 6.92. The van der Waals surface area contributed by atoms with Crippen molar-refractivity contribution in [3.05, 3.63) is 99.5 Å². The van der Waals surface area contributed by atoms with E-state index in [-0.39, 0.29) is 17.4 Å². The lowest BCUT2D eigenvalue weighted by Gasteiger charge is -2.38. The van der Waals surface area contributed by atoms with Crippen LogP contribution >= 0.6 is 0 Å². The number of pyridine rings is 1. The van der Waals surface area contributed by atoms with Crippen LogP contribution in [0.2, 0.25) is 0 Å². The molecule has 8 nitrogen and oxygen atoms in total. The number of aromatic nitrogens is 3. The van der Waals surface area contributed by atoms with Gasteiger partial charge in [0.15, 0.2) is 4.90 Å². The number of nitrogens with one attached hydrogen (secondary N) is 2. The first-order valence-corrected chi connectivity index (χ1v) is 15.3. The average molecular weight is 570 g/mol. The minimum Gasteiger partial charge on any atom is -0.588 e. The van der Waals surface area contributed by atoms with Crippen molar-refractivity contribution in [2.45, 2.75) is 44.6 Å². The first-order valence-electron chi connectivity index (χ1n) is 14.2. The van der Waals surface area contributed by atoms with Crippen molar-refractivity contribution in [2.75, 3.05) is 24.4 Å². The summed E-state index contributed by atoms with van der Waals surface area (Å²) in [6.45, 7) is 7.00. The monoisotopic (exact) mass is 569 g/mol. The minimum absolute atomic E-state index is 0.0332. The van der Waals surface area contributed by atoms with E-state index in [1.54, 1.807) is 6.20 Å². The number of benzene rings is 2. The summed E-state index contributed by atoms with van der Waals surface area (Å²) in [5.41, 5.74) is 5.86. The summed E-state index contributed by atoms with van der Waals surface area (Å²) in [6.07, 6.45) is 4.61. The van der Waals surface area contributed by atoms with Gasteiger partial charge in [-0.2, -0.15) is 9.71 Å². The summed E-state index contributed by atoms with van der Waals surface area (Å²) in [4.78, 5) is 27.6. The third-order valence-electron chi connectivity index (χ3n) is 8.25. The molecule has 2 aliphatic heterocycles. The van der Waals surface area contributed by atoms with Crippen LogP contribution in [-0.2, 0) is 24.3 Å². The molecule has 3 atom stereocenters. The highest BCUT2D eigenvalue weighted by molar-refractivity contribution is 7.92. The highest BCUT2D eigenvalue weighted by Gasteiger charge is 2.31. The number of H-pyrrole nitrogens is 1. The standard InChI is InChI=1S/C32H35N5O3S/c1-21-6-3-7-22(2)30(21)28-17-29-35-32(34-28)36-41(39)27-10-4-8-23(16-27)11-12-24-13-15-37(19-26(24)20-40-29)18-25-9-5-14-33-31(25)38/h3-10,14,16-17,24,26H,11-13,15,18-20H2,1-2H3,(H,33,38)(H,34,35,36)/t24?,26-,41?/m1/s1. The molecule has 2 aromatic heterocycles. The molecule has 0 saturated carbocycles. The molecule has 0 spiro atoms. The maximum atomic E-state index is 13.3. The van der Waals surface area contributed by atoms with Gasteiger partial charge in [0, 0.05) is 42.4 Å². The first-order chi connectivity index (χ1) is 19.9. The molecule has 0 aliphatic carbocycles. The molecule has 1 saturated heterocycles. The number of aromatic amines is 1. The summed E-state index contributed by atoms with van der Waals surface area (Å²) in [6, 6.07) is 19.8. The van der Waals surface area contributed by atoms with Crippen LogP contribution in [0.25, 0.3) is 11.3 Å². The number of anilines is 1. The lowest BCUT2D eigenvalue weighted by Crippen LogP contribution is -2.43. The van der Waals surface area contributed by atoms with E-state index >= 15 is 0 Å². The van der Waals surface area contributed by atoms with Crippen LogP contribution in [0.15, 0.2) is 76.6 Å². The van der Waals surface area contributed by atoms with Gasteiger partial charge in [-0.1, -0.05) is 36.4 Å². The molecule has 2 aromatic carbocycles. The van der Waals surface area contributed by atoms with Crippen molar-refractivity contribution in [2.24, 2.45) is 11.8 Å². The molecule has 4 heterocycles. The fourth-order valence-electron chi connectivity index (χ4n) is 6.08. The van der Waals surface area contributed by atoms with E-state index in [0.717, 1.165) is 60.3 Å². The first kappa shape index (κ1) is 27.5. The van der Waals surface area contributed by atoms with Gasteiger partial charge in [0.25, 0.3) is 11.5 Å². The SMILES string of the molecule is Cc1cccc(C)c1-c1cc2nc(n1)N[S+]([O-])c1cccc(c1)CCC1CCN(Cc3ccc[nH]c3=O)C[C@@H]1CO2. The number of aryl methyl sites for hydroxylation is 3. The summed E-state index contributed by atoms with van der Waals surface area (Å²) in [7, 11) is 0. The Kier molecular flexibility index (Phi) is 8.09. The van der Waals surface area contributed by atoms with Gasteiger partial charge in [0.2, 0.25) is 5.88 Å². The Hall–Kier alpha value is -3.66. The van der Waals surface area contributed by atoms with Gasteiger partial charge < -0.3 is 14.3 Å². The Morgan fingerprint density at radius 2 is 1.85 bits per heavy atom. The van der Waals surface area contributed by atoms with Gasteiger partial charge in [-0.15, -0.1) is 0 Å². The number of fused-ring (bicyclic) bond motifs is 5. The highest BCUT2D eigenvalue weighted by atomic mass is 32.2. The van der Waals surface area contributed by atoms with Crippen LogP contribution in [0.4, 0.5) is 5.95 Å². The van der Waals surface area contributed by atoms with Crippen LogP contribution in [0.1, 0.15) is 35.1 Å². The second-order valence-corrected chi connectivity index (χ2v) is 12.3. The van der Waals surface area contributed by atoms with Crippen molar-refractivity contribution < 1.29 is 9.29 Å². The normalized spacial score (nSPS) is 21.2. The fraction of sp³-hybridized carbons (Fsp3) is 0.344. The third-order valence-corrected chi connectivity index (χ3v) is 9.30. The van der Waals surface area contributed by atoms with Crippen molar-refractivity contribution in [3.8, 4) is 17.1 Å². The smallest absolute Gasteiger partial charge is 0.269 e. The number of hydrogen-bond acceptors (Lipinski definition) is 7. The predicted molar refractivity (Wildman–Crippen MR) is 161 cm³/mol. The summed E-state index contributed by atoms with van der Waals surface area (Å²) < 4.78 is 22.8. The Balaban J connectivity index is 1.34. The lowest BCUT2D eigenvalue weighted by molar-refractivity contribution is 0.0705. The van der Waals surface area contributed by atoms with Crippen LogP contribution < -0.4 is 15.0 Å². The molecular weight excluding hydrogens is 534 g/mol. The molecule has 0 radical (unpaired) electrons. The van der Waals surface area contributed by atoms with Gasteiger partial charge in [0.05, 0.1) is 12.3 Å². The number of rotatable bonds is 3. The van der Waals surface area contributed by atoms with Crippen LogP contribution in [0.5, 0.6) is 5.88 Å². The second kappa shape index (κ2) is 12.1. The lowest BCUT2D eigenvalue weighted by atomic mass is 9.82. The van der Waals surface area contributed by atoms with E-state index in [4.69, 9.17) is 9.72 Å². The molecule has 2 N–H and O–H groups in total. The van der Waals surface area contributed by atoms with E-state index in [2.05, 4.69) is 51.6 Å². The highest BCUT2D eigenvalue weighted by Crippen LogP contribution is 2.33. The number of likely N-dealkylation sites (tertiary alicyclic amines) is 1. The largest absolute Gasteiger partial charge is 0.588 e. The molecule has 0 amide bonds. The average Bonchev–Trinajstić information content (AvgIpc) is 2.96. The number of nitrogens with zero attached hydrogens (tertiary/aromatic N) is 3. The predicted octanol–water partition coefficient (Wildman–Crippen LogP) is 5.05. The molecule has 9 heteroatoms. The zero-order valence-electron chi connectivity index (χ0n) is 23.4. The van der Waals surface area contributed by atoms with Crippen molar-refractivity contribution >= 4 is 17.3 Å². The van der Waals surface area contributed by atoms with Crippen molar-refractivity contribution in [1.29, 1.82) is 0 Å². The topological polar surface area (TPSA) is 106 Å². The van der Waals surface area contributed by atoms with Crippen molar-refractivity contribution in [3.63, 3.8) is 0 Å². The Labute approximate surface area is 243 Å². The molecule has 212 valence electrons. The Morgan fingerprint density at radius 1 is 1.02 bits per heavy atom. The molecule has 6 rings (SSSR count). The molecule has 4 aromatic rings. The van der Waals surface area contributed by atoms with Crippen molar-refractivity contribution in [1.82, 2.24) is 19.9 Å². The zero-order valence-corrected chi connectivity index (χ0v) is 24.2. The maximum absolute atomic E-state index is 13.3. The van der Waals surface area contributed by atoms with Gasteiger partial charge in [-0.3, -0.25) is 9.69 Å². The molecule has 41 heavy (non-hydrogen) atoms. The number of piperidine rings is 1. The quantitative estimate of drug-likeness (QED) is 0.333. The molecule has 2 unspecified atom stereocenters. The molecule has 4 bridgehead atoms. The van der Waals surface area contributed by atoms with Crippen LogP contribution in [0.3, 0.4) is 0 Å². The molecule has 2 aliphatic rings. The molecular formula is C32H35N5O3S. The van der Waals surface area contributed by atoms with Gasteiger partial charge in [-0.05, 0) is 80.5 Å². The maximum Gasteiger partial charge on any atom is 0.269 e. The van der Waals surface area contributed by atoms with Gasteiger partial charge in [0.1, 0.15) is 11.4 Å². The van der Waals surface area contributed by atoms with E-state index in [1.165, 1.54) is 5.56 Å². The van der Waals surface area contributed by atoms with E-state index in [1.807, 2.05) is 42.5 Å². The Morgan fingerprint density at radius 3 is 2.68 bits per heavy atom. The summed E-state index contributed by atoms with van der Waals surface area (Å²) in [5.74, 6) is 1.45. The van der Waals surface area contributed by atoms with Crippen LogP contribution in [0, 0.1) is 25.7 Å². The number of hydrogen-bond donors (Lipinski definition) is 2. The Bertz CT molecular complexity index is 1570. The van der Waals surface area contributed by atoms with Gasteiger partial charge >= 0.3 is 0 Å². The van der Waals surface area contributed by atoms with E-state index in [0.29, 0.717) is 29.8 Å². The van der Waals surface area contributed by atoms with E-state index < -0.39 is 11.4 Å². The van der Waals surface area contributed by atoms with Gasteiger partial charge in [-0.25, -0.2) is 4.98 Å².